The van der Waals surface area contributed by atoms with Crippen LogP contribution in [0.25, 0.3) is 0 Å². The first-order valence-electron chi connectivity index (χ1n) is 29.2. The van der Waals surface area contributed by atoms with Gasteiger partial charge < -0.3 is 97.2 Å². The van der Waals surface area contributed by atoms with Crippen molar-refractivity contribution in [2.45, 2.75) is 102 Å². The zero-order valence-electron chi connectivity index (χ0n) is 50.5. The Balaban J connectivity index is 4.20. The molecule has 0 fully saturated rings. The molecule has 0 radical (unpaired) electrons. The Bertz CT molecular complexity index is 1900. The molecule has 0 aromatic heterocycles. The normalized spacial score (nSPS) is 12.1. The highest BCUT2D eigenvalue weighted by Crippen LogP contribution is 2.15. The molecular weight excluding hydrogens is 1130 g/mol. The third-order valence-electron chi connectivity index (χ3n) is 12.0. The molecule has 13 N–H and O–H groups in total. The van der Waals surface area contributed by atoms with Crippen molar-refractivity contribution in [1.82, 2.24) is 47.9 Å². The molecular formula is C55H101N11O18S. The van der Waals surface area contributed by atoms with E-state index in [0.29, 0.717) is 123 Å². The predicted octanol–water partition coefficient (Wildman–Crippen LogP) is -2.40. The first-order valence-corrected chi connectivity index (χ1v) is 30.2. The molecule has 0 rings (SSSR count). The van der Waals surface area contributed by atoms with E-state index in [1.807, 2.05) is 0 Å². The summed E-state index contributed by atoms with van der Waals surface area (Å²) in [6, 6.07) is -0.843. The topological polar surface area (TPSA) is 405 Å². The summed E-state index contributed by atoms with van der Waals surface area (Å²) in [6.45, 7) is 10.7. The summed E-state index contributed by atoms with van der Waals surface area (Å²) in [5, 5.41) is 25.3. The Hall–Kier alpha value is -5.41. The summed E-state index contributed by atoms with van der Waals surface area (Å²) in [5.41, 5.74) is 11.3. The molecule has 3 atom stereocenters. The van der Waals surface area contributed by atoms with E-state index < -0.39 is 23.8 Å². The molecule has 0 aromatic carbocycles. The largest absolute Gasteiger partial charge is 0.385 e. The lowest BCUT2D eigenvalue weighted by molar-refractivity contribution is -0.131. The summed E-state index contributed by atoms with van der Waals surface area (Å²) < 4.78 is 43.5. The number of hydrogen-bond acceptors (Lipinski definition) is 22. The smallest absolute Gasteiger partial charge is 0.246 e. The average Bonchev–Trinajstić information content (AvgIpc) is 3.48. The predicted molar refractivity (Wildman–Crippen MR) is 317 cm³/mol. The minimum atomic E-state index is -0.612. The van der Waals surface area contributed by atoms with Gasteiger partial charge in [0, 0.05) is 83.6 Å². The van der Waals surface area contributed by atoms with Crippen LogP contribution in [0.5, 0.6) is 0 Å². The summed E-state index contributed by atoms with van der Waals surface area (Å²) in [6.07, 6.45) is 5.97. The summed E-state index contributed by atoms with van der Waals surface area (Å²) in [5.74, 6) is -3.12. The molecule has 8 amide bonds. The number of hydrogen-bond donors (Lipinski definition) is 11. The maximum absolute atomic E-state index is 13.3. The van der Waals surface area contributed by atoms with Gasteiger partial charge in [0.25, 0.3) is 0 Å². The molecule has 30 heteroatoms. The van der Waals surface area contributed by atoms with E-state index in [0.717, 1.165) is 18.2 Å². The van der Waals surface area contributed by atoms with E-state index in [1.165, 1.54) is 6.92 Å². The van der Waals surface area contributed by atoms with Crippen LogP contribution in [0, 0.1) is 5.92 Å². The first-order chi connectivity index (χ1) is 41.0. The van der Waals surface area contributed by atoms with Gasteiger partial charge >= 0.3 is 0 Å². The third-order valence-corrected chi connectivity index (χ3v) is 12.8. The summed E-state index contributed by atoms with van der Waals surface area (Å²) in [7, 11) is 3.33. The molecule has 85 heavy (non-hydrogen) atoms. The third kappa shape index (κ3) is 52.6. The number of nitrogens with one attached hydrogen (secondary N) is 9. The van der Waals surface area contributed by atoms with Crippen LogP contribution in [0.2, 0.25) is 0 Å². The van der Waals surface area contributed by atoms with Gasteiger partial charge in [-0.25, -0.2) is 0 Å². The Morgan fingerprint density at radius 3 is 1.25 bits per heavy atom. The standard InChI is InChI=1S/C55H101N11O18S/c1-42(37-81-32-28-80-27-23-65-52(73)41-85-43(2)67)60-20-24-77-29-33-82-38-45(68)36-44(55(76)66-19-10-7-14-47(59-4)54(57)75)12-5-8-17-61-48(69)15-11-16-49(70)63-21-25-78-30-35-84-40-51(72)64-22-26-79-31-34-83-39-50(71)62-18-9-6-13-46(58-3)53(56)74/h44,46-47,58-60H,1,5-41H2,2-4H3,(H2,56,74)(H2,57,75)(H,61,69)(H,62,71)(H,63,70)(H,64,72)(H,65,73)(H,66,76)/t44-,46+,47+/m1/s1. The van der Waals surface area contributed by atoms with Gasteiger partial charge in [-0.1, -0.05) is 24.8 Å². The van der Waals surface area contributed by atoms with Crippen molar-refractivity contribution in [2.75, 3.05) is 171 Å². The van der Waals surface area contributed by atoms with Crippen LogP contribution in [0.4, 0.5) is 0 Å². The lowest BCUT2D eigenvalue weighted by atomic mass is 9.95. The van der Waals surface area contributed by atoms with Crippen LogP contribution < -0.4 is 59.3 Å². The number of Topliss-reactive ketones (excluding diaryl/α,β-unsaturated/α-hetero) is 1. The molecule has 0 aromatic rings. The monoisotopic (exact) mass is 1240 g/mol. The molecule has 0 heterocycles. The van der Waals surface area contributed by atoms with Gasteiger partial charge in [0.2, 0.25) is 47.3 Å². The summed E-state index contributed by atoms with van der Waals surface area (Å²) >= 11 is 0.949. The quantitative estimate of drug-likeness (QED) is 0.0283. The van der Waals surface area contributed by atoms with E-state index in [1.54, 1.807) is 14.1 Å². The van der Waals surface area contributed by atoms with Crippen molar-refractivity contribution in [3.05, 3.63) is 12.3 Å². The minimum Gasteiger partial charge on any atom is -0.385 e. The van der Waals surface area contributed by atoms with Crippen LogP contribution in [-0.2, 0) is 85.8 Å². The van der Waals surface area contributed by atoms with Crippen molar-refractivity contribution in [2.24, 2.45) is 17.4 Å². The molecule has 29 nitrogen and oxygen atoms in total. The van der Waals surface area contributed by atoms with Crippen molar-refractivity contribution >= 4 is 69.9 Å². The maximum Gasteiger partial charge on any atom is 0.246 e. The van der Waals surface area contributed by atoms with E-state index in [4.69, 9.17) is 49.4 Å². The van der Waals surface area contributed by atoms with Gasteiger partial charge in [0.1, 0.15) is 19.8 Å². The Morgan fingerprint density at radius 1 is 0.412 bits per heavy atom. The number of unbranched alkanes of at least 4 members (excludes halogenated alkanes) is 3. The van der Waals surface area contributed by atoms with E-state index in [2.05, 4.69) is 54.4 Å². The number of likely N-dealkylation sites (N-methyl/N-ethyl adjacent to an activating group) is 2. The van der Waals surface area contributed by atoms with Crippen molar-refractivity contribution in [1.29, 1.82) is 0 Å². The Morgan fingerprint density at radius 2 is 0.788 bits per heavy atom. The number of primary amides is 2. The number of carbonyl (C=O) groups is 10. The maximum atomic E-state index is 13.3. The van der Waals surface area contributed by atoms with E-state index >= 15 is 0 Å². The van der Waals surface area contributed by atoms with Gasteiger partial charge in [0.05, 0.1) is 104 Å². The van der Waals surface area contributed by atoms with Gasteiger partial charge in [-0.3, -0.25) is 47.9 Å². The number of carbonyl (C=O) groups excluding carboxylic acids is 10. The number of ether oxygens (including phenoxy) is 8. The lowest BCUT2D eigenvalue weighted by Gasteiger charge is -2.17. The molecule has 0 saturated carbocycles. The van der Waals surface area contributed by atoms with Crippen molar-refractivity contribution in [3.63, 3.8) is 0 Å². The SMILES string of the molecule is C=C(COCCOCCNC(=O)CSC(C)=O)NCCOCCOCC(=O)C[C@@H](CCCCNC(=O)CCCC(=O)NCCOCCOCC(=O)NCCOCCOCC(=O)NCCCC[C@H](NC)C(N)=O)C(=O)NCCCC[C@H](NC)C(N)=O. The van der Waals surface area contributed by atoms with Crippen LogP contribution in [0.1, 0.15) is 90.4 Å². The fourth-order valence-corrected chi connectivity index (χ4v) is 7.86. The molecule has 0 bridgehead atoms. The van der Waals surface area contributed by atoms with Crippen LogP contribution in [0.15, 0.2) is 12.3 Å². The molecule has 0 aliphatic heterocycles. The van der Waals surface area contributed by atoms with Crippen LogP contribution >= 0.6 is 11.8 Å². The van der Waals surface area contributed by atoms with Crippen molar-refractivity contribution in [3.8, 4) is 0 Å². The molecule has 0 aliphatic carbocycles. The Kier molecular flexibility index (Phi) is 52.8. The highest BCUT2D eigenvalue weighted by atomic mass is 32.2. The molecule has 490 valence electrons. The zero-order valence-corrected chi connectivity index (χ0v) is 51.3. The fourth-order valence-electron chi connectivity index (χ4n) is 7.43. The Labute approximate surface area is 505 Å². The van der Waals surface area contributed by atoms with Gasteiger partial charge in [-0.2, -0.15) is 0 Å². The molecule has 0 aliphatic rings. The van der Waals surface area contributed by atoms with E-state index in [9.17, 15) is 47.9 Å². The minimum absolute atomic E-state index is 0.0271. The second-order valence-corrected chi connectivity index (χ2v) is 20.4. The molecule has 0 unspecified atom stereocenters. The number of rotatable bonds is 61. The first kappa shape index (κ1) is 79.6. The summed E-state index contributed by atoms with van der Waals surface area (Å²) in [4.78, 5) is 120. The highest BCUT2D eigenvalue weighted by Gasteiger charge is 2.22. The lowest BCUT2D eigenvalue weighted by Crippen LogP contribution is -2.39. The second-order valence-electron chi connectivity index (χ2n) is 19.3. The van der Waals surface area contributed by atoms with Crippen LogP contribution in [-0.4, -0.2) is 242 Å². The second kappa shape index (κ2) is 56.4. The van der Waals surface area contributed by atoms with Crippen molar-refractivity contribution < 1.29 is 85.8 Å². The van der Waals surface area contributed by atoms with Crippen LogP contribution in [0.3, 0.4) is 0 Å². The van der Waals surface area contributed by atoms with E-state index in [-0.39, 0.29) is 170 Å². The zero-order chi connectivity index (χ0) is 63.0. The average molecular weight is 1240 g/mol. The van der Waals surface area contributed by atoms with Gasteiger partial charge in [-0.05, 0) is 71.9 Å². The number of thioether (sulfide) groups is 1. The number of ketones is 1. The number of nitrogens with two attached hydrogens (primary N) is 2. The fraction of sp³-hybridized carbons (Fsp3) is 0.782. The number of amides is 8. The van der Waals surface area contributed by atoms with Gasteiger partial charge in [0.15, 0.2) is 10.9 Å². The highest BCUT2D eigenvalue weighted by molar-refractivity contribution is 8.14. The van der Waals surface area contributed by atoms with Gasteiger partial charge in [-0.15, -0.1) is 0 Å². The molecule has 0 spiro atoms. The molecule has 0 saturated heterocycles.